The molecular weight excluding hydrogens is 208 g/mol. The molecule has 0 saturated heterocycles. The first kappa shape index (κ1) is 11.7. The van der Waals surface area contributed by atoms with E-state index in [9.17, 15) is 9.59 Å². The van der Waals surface area contributed by atoms with Gasteiger partial charge in [0.25, 0.3) is 0 Å². The number of pyridine rings is 1. The van der Waals surface area contributed by atoms with E-state index in [0.29, 0.717) is 5.56 Å². The van der Waals surface area contributed by atoms with Crippen LogP contribution in [0.1, 0.15) is 22.3 Å². The van der Waals surface area contributed by atoms with Gasteiger partial charge in [0, 0.05) is 18.0 Å². The van der Waals surface area contributed by atoms with Gasteiger partial charge in [0.2, 0.25) is 5.91 Å². The van der Waals surface area contributed by atoms with Gasteiger partial charge in [-0.25, -0.2) is 0 Å². The van der Waals surface area contributed by atoms with Crippen molar-refractivity contribution >= 4 is 11.9 Å². The molecule has 0 atom stereocenters. The van der Waals surface area contributed by atoms with E-state index in [4.69, 9.17) is 5.73 Å². The Bertz CT molecular complexity index is 472. The van der Waals surface area contributed by atoms with E-state index in [2.05, 4.69) is 21.6 Å². The van der Waals surface area contributed by atoms with Crippen molar-refractivity contribution in [3.8, 4) is 11.8 Å². The SMILES string of the molecule is COC(=O)CC#Cc1cncc(C(N)=O)c1. The molecule has 0 spiro atoms. The van der Waals surface area contributed by atoms with Gasteiger partial charge in [-0.05, 0) is 6.07 Å². The Morgan fingerprint density at radius 2 is 2.25 bits per heavy atom. The Kier molecular flexibility index (Phi) is 4.04. The van der Waals surface area contributed by atoms with Crippen LogP contribution in [0.15, 0.2) is 18.5 Å². The van der Waals surface area contributed by atoms with E-state index >= 15 is 0 Å². The first-order valence-electron chi connectivity index (χ1n) is 4.44. The van der Waals surface area contributed by atoms with Crippen molar-refractivity contribution in [1.29, 1.82) is 0 Å². The lowest BCUT2D eigenvalue weighted by Crippen LogP contribution is -2.11. The number of esters is 1. The lowest BCUT2D eigenvalue weighted by atomic mass is 10.2. The lowest BCUT2D eigenvalue weighted by Gasteiger charge is -1.94. The fraction of sp³-hybridized carbons (Fsp3) is 0.182. The van der Waals surface area contributed by atoms with Gasteiger partial charge in [0.1, 0.15) is 6.42 Å². The molecule has 82 valence electrons. The normalized spacial score (nSPS) is 8.81. The van der Waals surface area contributed by atoms with Crippen molar-refractivity contribution in [2.45, 2.75) is 6.42 Å². The summed E-state index contributed by atoms with van der Waals surface area (Å²) in [5.74, 6) is 4.31. The smallest absolute Gasteiger partial charge is 0.317 e. The summed E-state index contributed by atoms with van der Waals surface area (Å²) in [6, 6.07) is 1.51. The van der Waals surface area contributed by atoms with Gasteiger partial charge in [-0.3, -0.25) is 14.6 Å². The number of hydrogen-bond donors (Lipinski definition) is 1. The highest BCUT2D eigenvalue weighted by Crippen LogP contribution is 2.00. The Morgan fingerprint density at radius 1 is 1.50 bits per heavy atom. The van der Waals surface area contributed by atoms with Crippen LogP contribution >= 0.6 is 0 Å². The molecule has 1 heterocycles. The van der Waals surface area contributed by atoms with E-state index < -0.39 is 11.9 Å². The summed E-state index contributed by atoms with van der Waals surface area (Å²) in [4.78, 5) is 25.4. The maximum Gasteiger partial charge on any atom is 0.317 e. The summed E-state index contributed by atoms with van der Waals surface area (Å²) in [6.45, 7) is 0. The number of rotatable bonds is 2. The molecule has 5 heteroatoms. The molecule has 2 N–H and O–H groups in total. The third-order valence-electron chi connectivity index (χ3n) is 1.72. The van der Waals surface area contributed by atoms with Crippen molar-refractivity contribution in [2.75, 3.05) is 7.11 Å². The fourth-order valence-corrected chi connectivity index (χ4v) is 0.934. The van der Waals surface area contributed by atoms with Gasteiger partial charge in [0.15, 0.2) is 0 Å². The number of carbonyl (C=O) groups excluding carboxylic acids is 2. The van der Waals surface area contributed by atoms with Crippen LogP contribution in [0.4, 0.5) is 0 Å². The maximum atomic E-state index is 10.8. The highest BCUT2D eigenvalue weighted by Gasteiger charge is 2.00. The number of nitrogens with zero attached hydrogens (tertiary/aromatic N) is 1. The van der Waals surface area contributed by atoms with Crippen molar-refractivity contribution in [1.82, 2.24) is 4.98 Å². The Balaban J connectivity index is 2.77. The topological polar surface area (TPSA) is 82.3 Å². The van der Waals surface area contributed by atoms with Crippen LogP contribution in [0.25, 0.3) is 0 Å². The average Bonchev–Trinajstić information content (AvgIpc) is 2.29. The number of hydrogen-bond acceptors (Lipinski definition) is 4. The van der Waals surface area contributed by atoms with E-state index in [-0.39, 0.29) is 12.0 Å². The molecule has 0 fully saturated rings. The van der Waals surface area contributed by atoms with Gasteiger partial charge in [-0.15, -0.1) is 0 Å². The predicted octanol–water partition coefficient (Wildman–Crippen LogP) is 0.0951. The molecule has 1 aromatic rings. The van der Waals surface area contributed by atoms with Crippen LogP contribution in [0.5, 0.6) is 0 Å². The zero-order chi connectivity index (χ0) is 12.0. The largest absolute Gasteiger partial charge is 0.468 e. The van der Waals surface area contributed by atoms with Crippen molar-refractivity contribution in [3.63, 3.8) is 0 Å². The zero-order valence-electron chi connectivity index (χ0n) is 8.69. The number of amides is 1. The molecule has 1 amide bonds. The van der Waals surface area contributed by atoms with E-state index in [0.717, 1.165) is 0 Å². The lowest BCUT2D eigenvalue weighted by molar-refractivity contribution is -0.139. The second kappa shape index (κ2) is 5.51. The molecule has 0 aliphatic heterocycles. The van der Waals surface area contributed by atoms with Crippen LogP contribution in [0, 0.1) is 11.8 Å². The molecule has 0 bridgehead atoms. The Hall–Kier alpha value is -2.35. The molecule has 0 aromatic carbocycles. The first-order chi connectivity index (χ1) is 7.63. The number of aromatic nitrogens is 1. The minimum absolute atomic E-state index is 0.00268. The molecular formula is C11H10N2O3. The number of carbonyl (C=O) groups is 2. The molecule has 16 heavy (non-hydrogen) atoms. The van der Waals surface area contributed by atoms with Gasteiger partial charge in [0.05, 0.1) is 12.7 Å². The quantitative estimate of drug-likeness (QED) is 0.563. The summed E-state index contributed by atoms with van der Waals surface area (Å²) in [5, 5.41) is 0. The summed E-state index contributed by atoms with van der Waals surface area (Å²) in [5.41, 5.74) is 5.89. The Labute approximate surface area is 92.6 Å². The molecule has 0 saturated carbocycles. The Morgan fingerprint density at radius 3 is 2.88 bits per heavy atom. The van der Waals surface area contributed by atoms with Crippen LogP contribution < -0.4 is 5.73 Å². The van der Waals surface area contributed by atoms with E-state index in [1.807, 2.05) is 0 Å². The van der Waals surface area contributed by atoms with Crippen LogP contribution in [-0.2, 0) is 9.53 Å². The molecule has 0 aliphatic rings. The van der Waals surface area contributed by atoms with Gasteiger partial charge < -0.3 is 10.5 Å². The number of methoxy groups -OCH3 is 1. The predicted molar refractivity (Wildman–Crippen MR) is 56.3 cm³/mol. The van der Waals surface area contributed by atoms with E-state index in [1.165, 1.54) is 25.6 Å². The number of ether oxygens (including phenoxy) is 1. The fourth-order valence-electron chi connectivity index (χ4n) is 0.934. The minimum atomic E-state index is -0.566. The molecule has 0 aliphatic carbocycles. The second-order valence-corrected chi connectivity index (χ2v) is 2.88. The first-order valence-corrected chi connectivity index (χ1v) is 4.44. The molecule has 5 nitrogen and oxygen atoms in total. The molecule has 1 rings (SSSR count). The summed E-state index contributed by atoms with van der Waals surface area (Å²) in [7, 11) is 1.29. The molecule has 0 radical (unpaired) electrons. The molecule has 1 aromatic heterocycles. The van der Waals surface area contributed by atoms with Crippen LogP contribution in [-0.4, -0.2) is 24.0 Å². The van der Waals surface area contributed by atoms with Crippen molar-refractivity contribution < 1.29 is 14.3 Å². The summed E-state index contributed by atoms with van der Waals surface area (Å²) >= 11 is 0. The monoisotopic (exact) mass is 218 g/mol. The van der Waals surface area contributed by atoms with Gasteiger partial charge in [-0.1, -0.05) is 11.8 Å². The van der Waals surface area contributed by atoms with E-state index in [1.54, 1.807) is 0 Å². The zero-order valence-corrected chi connectivity index (χ0v) is 8.69. The van der Waals surface area contributed by atoms with Gasteiger partial charge in [-0.2, -0.15) is 0 Å². The summed E-state index contributed by atoms with van der Waals surface area (Å²) < 4.78 is 4.42. The number of nitrogens with two attached hydrogens (primary N) is 1. The standard InChI is InChI=1S/C11H10N2O3/c1-16-10(14)4-2-3-8-5-9(11(12)15)7-13-6-8/h5-7H,4H2,1H3,(H2,12,15). The van der Waals surface area contributed by atoms with Crippen LogP contribution in [0.3, 0.4) is 0 Å². The average molecular weight is 218 g/mol. The highest BCUT2D eigenvalue weighted by atomic mass is 16.5. The summed E-state index contributed by atoms with van der Waals surface area (Å²) in [6.07, 6.45) is 2.84. The van der Waals surface area contributed by atoms with Crippen LogP contribution in [0.2, 0.25) is 0 Å². The van der Waals surface area contributed by atoms with Crippen molar-refractivity contribution in [2.24, 2.45) is 5.73 Å². The minimum Gasteiger partial charge on any atom is -0.468 e. The van der Waals surface area contributed by atoms with Crippen molar-refractivity contribution in [3.05, 3.63) is 29.6 Å². The number of primary amides is 1. The van der Waals surface area contributed by atoms with Gasteiger partial charge >= 0.3 is 5.97 Å². The highest BCUT2D eigenvalue weighted by molar-refractivity contribution is 5.92. The molecule has 0 unspecified atom stereocenters. The second-order valence-electron chi connectivity index (χ2n) is 2.88. The third-order valence-corrected chi connectivity index (χ3v) is 1.72. The maximum absolute atomic E-state index is 10.8. The third kappa shape index (κ3) is 3.42.